The normalized spacial score (nSPS) is 17.6. The molecule has 2 rings (SSSR count). The number of nitrogens with zero attached hydrogens (tertiary/aromatic N) is 2. The summed E-state index contributed by atoms with van der Waals surface area (Å²) in [4.78, 5) is 16.5. The molecule has 1 aromatic carbocycles. The van der Waals surface area contributed by atoms with Crippen LogP contribution in [-0.4, -0.2) is 59.1 Å². The second kappa shape index (κ2) is 9.04. The SMILES string of the molecule is CCN(CC(O)c1cccc(O)c1)C(=O)CCC1CCN(C)CC1. The summed E-state index contributed by atoms with van der Waals surface area (Å²) in [7, 11) is 2.14. The Labute approximate surface area is 144 Å². The maximum atomic E-state index is 12.5. The monoisotopic (exact) mass is 334 g/mol. The van der Waals surface area contributed by atoms with Gasteiger partial charge in [-0.05, 0) is 69.9 Å². The fraction of sp³-hybridized carbons (Fsp3) is 0.632. The number of carbonyl (C=O) groups is 1. The van der Waals surface area contributed by atoms with Crippen molar-refractivity contribution in [3.05, 3.63) is 29.8 Å². The number of aliphatic hydroxyl groups is 1. The van der Waals surface area contributed by atoms with E-state index in [9.17, 15) is 15.0 Å². The molecule has 2 N–H and O–H groups in total. The third-order valence-corrected chi connectivity index (χ3v) is 4.99. The van der Waals surface area contributed by atoms with E-state index >= 15 is 0 Å². The van der Waals surface area contributed by atoms with E-state index in [2.05, 4.69) is 11.9 Å². The maximum Gasteiger partial charge on any atom is 0.222 e. The molecule has 5 heteroatoms. The lowest BCUT2D eigenvalue weighted by Gasteiger charge is -2.30. The summed E-state index contributed by atoms with van der Waals surface area (Å²) in [5.74, 6) is 0.874. The van der Waals surface area contributed by atoms with Crippen molar-refractivity contribution >= 4 is 5.91 Å². The molecule has 1 heterocycles. The average Bonchev–Trinajstić information content (AvgIpc) is 2.58. The van der Waals surface area contributed by atoms with Crippen molar-refractivity contribution in [3.63, 3.8) is 0 Å². The largest absolute Gasteiger partial charge is 0.508 e. The number of rotatable bonds is 7. The van der Waals surface area contributed by atoms with Crippen LogP contribution in [0, 0.1) is 5.92 Å². The Morgan fingerprint density at radius 1 is 1.38 bits per heavy atom. The number of piperidine rings is 1. The Bertz CT molecular complexity index is 527. The first kappa shape index (κ1) is 18.7. The van der Waals surface area contributed by atoms with E-state index in [0.29, 0.717) is 24.4 Å². The number of benzene rings is 1. The van der Waals surface area contributed by atoms with Gasteiger partial charge in [0.15, 0.2) is 0 Å². The second-order valence-electron chi connectivity index (χ2n) is 6.83. The first-order valence-corrected chi connectivity index (χ1v) is 8.93. The molecule has 1 aliphatic heterocycles. The fourth-order valence-electron chi connectivity index (χ4n) is 3.29. The molecule has 1 aromatic rings. The van der Waals surface area contributed by atoms with Crippen LogP contribution in [0.4, 0.5) is 0 Å². The van der Waals surface area contributed by atoms with Crippen molar-refractivity contribution < 1.29 is 15.0 Å². The summed E-state index contributed by atoms with van der Waals surface area (Å²) in [6.07, 6.45) is 3.05. The minimum atomic E-state index is -0.774. The summed E-state index contributed by atoms with van der Waals surface area (Å²) in [6, 6.07) is 6.58. The van der Waals surface area contributed by atoms with Gasteiger partial charge in [0.05, 0.1) is 12.6 Å². The van der Waals surface area contributed by atoms with Crippen molar-refractivity contribution in [2.75, 3.05) is 33.2 Å². The van der Waals surface area contributed by atoms with Crippen molar-refractivity contribution in [1.82, 2.24) is 9.80 Å². The Hall–Kier alpha value is -1.59. The van der Waals surface area contributed by atoms with Crippen LogP contribution in [0.1, 0.15) is 44.3 Å². The minimum Gasteiger partial charge on any atom is -0.508 e. The molecule has 1 fully saturated rings. The highest BCUT2D eigenvalue weighted by molar-refractivity contribution is 5.76. The number of carbonyl (C=O) groups excluding carboxylic acids is 1. The van der Waals surface area contributed by atoms with Crippen LogP contribution in [0.5, 0.6) is 5.75 Å². The van der Waals surface area contributed by atoms with Gasteiger partial charge in [0.25, 0.3) is 0 Å². The standard InChI is InChI=1S/C19H30N2O3/c1-3-21(14-18(23)16-5-4-6-17(22)13-16)19(24)8-7-15-9-11-20(2)12-10-15/h4-6,13,15,18,22-23H,3,7-12,14H2,1-2H3. The zero-order valence-corrected chi connectivity index (χ0v) is 14.8. The highest BCUT2D eigenvalue weighted by Crippen LogP contribution is 2.23. The van der Waals surface area contributed by atoms with Gasteiger partial charge in [0.1, 0.15) is 5.75 Å². The van der Waals surface area contributed by atoms with Gasteiger partial charge >= 0.3 is 0 Å². The summed E-state index contributed by atoms with van der Waals surface area (Å²) < 4.78 is 0. The van der Waals surface area contributed by atoms with Crippen molar-refractivity contribution in [1.29, 1.82) is 0 Å². The van der Waals surface area contributed by atoms with Crippen LogP contribution in [0.25, 0.3) is 0 Å². The number of hydrogen-bond donors (Lipinski definition) is 2. The molecular formula is C19H30N2O3. The van der Waals surface area contributed by atoms with Crippen molar-refractivity contribution in [3.8, 4) is 5.75 Å². The van der Waals surface area contributed by atoms with Crippen molar-refractivity contribution in [2.24, 2.45) is 5.92 Å². The van der Waals surface area contributed by atoms with E-state index in [0.717, 1.165) is 19.5 Å². The predicted octanol–water partition coefficient (Wildman–Crippen LogP) is 2.40. The fourth-order valence-corrected chi connectivity index (χ4v) is 3.29. The zero-order chi connectivity index (χ0) is 17.5. The zero-order valence-electron chi connectivity index (χ0n) is 14.8. The quantitative estimate of drug-likeness (QED) is 0.804. The molecule has 134 valence electrons. The van der Waals surface area contributed by atoms with Gasteiger partial charge in [-0.25, -0.2) is 0 Å². The molecular weight excluding hydrogens is 304 g/mol. The van der Waals surface area contributed by atoms with Crippen LogP contribution >= 0.6 is 0 Å². The predicted molar refractivity (Wildman–Crippen MR) is 94.8 cm³/mol. The number of likely N-dealkylation sites (tertiary alicyclic amines) is 1. The van der Waals surface area contributed by atoms with E-state index in [4.69, 9.17) is 0 Å². The van der Waals surface area contributed by atoms with E-state index in [1.807, 2.05) is 6.92 Å². The molecule has 0 aromatic heterocycles. The van der Waals surface area contributed by atoms with Gasteiger partial charge in [-0.15, -0.1) is 0 Å². The number of aliphatic hydroxyl groups excluding tert-OH is 1. The Morgan fingerprint density at radius 3 is 2.71 bits per heavy atom. The number of aromatic hydroxyl groups is 1. The number of likely N-dealkylation sites (N-methyl/N-ethyl adjacent to an activating group) is 1. The van der Waals surface area contributed by atoms with E-state index < -0.39 is 6.10 Å². The first-order chi connectivity index (χ1) is 11.5. The molecule has 24 heavy (non-hydrogen) atoms. The summed E-state index contributed by atoms with van der Waals surface area (Å²) in [5, 5.41) is 19.8. The number of amides is 1. The molecule has 1 atom stereocenters. The van der Waals surface area contributed by atoms with Gasteiger partial charge in [-0.2, -0.15) is 0 Å². The Balaban J connectivity index is 1.82. The summed E-state index contributed by atoms with van der Waals surface area (Å²) in [6.45, 7) is 5.02. The first-order valence-electron chi connectivity index (χ1n) is 8.93. The molecule has 1 aliphatic rings. The third kappa shape index (κ3) is 5.49. The number of phenolic OH excluding ortho intramolecular Hbond substituents is 1. The maximum absolute atomic E-state index is 12.5. The van der Waals surface area contributed by atoms with Crippen molar-refractivity contribution in [2.45, 2.75) is 38.7 Å². The lowest BCUT2D eigenvalue weighted by Crippen LogP contribution is -2.35. The molecule has 0 radical (unpaired) electrons. The number of phenols is 1. The topological polar surface area (TPSA) is 64.0 Å². The van der Waals surface area contributed by atoms with Gasteiger partial charge in [-0.3, -0.25) is 4.79 Å². The van der Waals surface area contributed by atoms with Gasteiger partial charge in [0.2, 0.25) is 5.91 Å². The molecule has 1 unspecified atom stereocenters. The second-order valence-corrected chi connectivity index (χ2v) is 6.83. The highest BCUT2D eigenvalue weighted by atomic mass is 16.3. The molecule has 0 saturated carbocycles. The Morgan fingerprint density at radius 2 is 2.08 bits per heavy atom. The van der Waals surface area contributed by atoms with Gasteiger partial charge in [0, 0.05) is 13.0 Å². The lowest BCUT2D eigenvalue weighted by molar-refractivity contribution is -0.132. The minimum absolute atomic E-state index is 0.107. The van der Waals surface area contributed by atoms with Crippen LogP contribution in [0.3, 0.4) is 0 Å². The van der Waals surface area contributed by atoms with E-state index in [-0.39, 0.29) is 18.2 Å². The molecule has 0 bridgehead atoms. The van der Waals surface area contributed by atoms with Gasteiger partial charge < -0.3 is 20.0 Å². The highest BCUT2D eigenvalue weighted by Gasteiger charge is 2.21. The smallest absolute Gasteiger partial charge is 0.222 e. The van der Waals surface area contributed by atoms with Crippen LogP contribution in [-0.2, 0) is 4.79 Å². The lowest BCUT2D eigenvalue weighted by atomic mass is 9.92. The third-order valence-electron chi connectivity index (χ3n) is 4.99. The molecule has 5 nitrogen and oxygen atoms in total. The van der Waals surface area contributed by atoms with E-state index in [1.54, 1.807) is 29.2 Å². The molecule has 1 amide bonds. The summed E-state index contributed by atoms with van der Waals surface area (Å²) >= 11 is 0. The van der Waals surface area contributed by atoms with Crippen LogP contribution in [0.2, 0.25) is 0 Å². The Kier molecular flexibility index (Phi) is 7.06. The summed E-state index contributed by atoms with van der Waals surface area (Å²) in [5.41, 5.74) is 0.636. The van der Waals surface area contributed by atoms with Crippen LogP contribution in [0.15, 0.2) is 24.3 Å². The van der Waals surface area contributed by atoms with Crippen LogP contribution < -0.4 is 0 Å². The average molecular weight is 334 g/mol. The molecule has 0 aliphatic carbocycles. The van der Waals surface area contributed by atoms with Gasteiger partial charge in [-0.1, -0.05) is 12.1 Å². The molecule has 0 spiro atoms. The van der Waals surface area contributed by atoms with E-state index in [1.165, 1.54) is 12.8 Å². The molecule has 1 saturated heterocycles. The number of hydrogen-bond acceptors (Lipinski definition) is 4.